The summed E-state index contributed by atoms with van der Waals surface area (Å²) in [5.41, 5.74) is 1.43. The molecule has 0 aliphatic heterocycles. The highest BCUT2D eigenvalue weighted by molar-refractivity contribution is 5.81. The molecule has 3 aromatic rings. The Morgan fingerprint density at radius 3 is 3.17 bits per heavy atom. The van der Waals surface area contributed by atoms with Crippen molar-refractivity contribution in [2.45, 2.75) is 20.0 Å². The summed E-state index contributed by atoms with van der Waals surface area (Å²) in [6.45, 7) is 3.44. The smallest absolute Gasteiger partial charge is 0.182 e. The molecule has 0 atom stereocenters. The fourth-order valence-corrected chi connectivity index (χ4v) is 1.74. The number of hydrogen-bond donors (Lipinski definition) is 2. The first-order valence-electron chi connectivity index (χ1n) is 5.63. The zero-order valence-electron chi connectivity index (χ0n) is 9.83. The van der Waals surface area contributed by atoms with Crippen molar-refractivity contribution in [2.24, 2.45) is 0 Å². The lowest BCUT2D eigenvalue weighted by Gasteiger charge is -2.06. The lowest BCUT2D eigenvalue weighted by molar-refractivity contribution is 0.707. The second-order valence-electron chi connectivity index (χ2n) is 3.71. The van der Waals surface area contributed by atoms with Gasteiger partial charge in [0.25, 0.3) is 0 Å². The Morgan fingerprint density at radius 2 is 2.28 bits per heavy atom. The van der Waals surface area contributed by atoms with Gasteiger partial charge in [0.05, 0.1) is 12.9 Å². The van der Waals surface area contributed by atoms with Crippen molar-refractivity contribution in [3.8, 4) is 0 Å². The van der Waals surface area contributed by atoms with Crippen LogP contribution in [0.15, 0.2) is 19.0 Å². The molecule has 0 radical (unpaired) electrons. The summed E-state index contributed by atoms with van der Waals surface area (Å²) >= 11 is 0. The molecule has 3 rings (SSSR count). The molecule has 0 unspecified atom stereocenters. The van der Waals surface area contributed by atoms with E-state index in [-0.39, 0.29) is 0 Å². The average molecular weight is 244 g/mol. The number of aryl methyl sites for hydroxylation is 1. The molecule has 3 heterocycles. The summed E-state index contributed by atoms with van der Waals surface area (Å²) < 4.78 is 1.97. The molecule has 0 aromatic carbocycles. The van der Waals surface area contributed by atoms with Gasteiger partial charge in [-0.25, -0.2) is 15.0 Å². The van der Waals surface area contributed by atoms with Gasteiger partial charge in [-0.2, -0.15) is 0 Å². The molecule has 0 aliphatic carbocycles. The Balaban J connectivity index is 1.83. The van der Waals surface area contributed by atoms with E-state index in [1.165, 1.54) is 6.33 Å². The summed E-state index contributed by atoms with van der Waals surface area (Å²) in [6, 6.07) is 0. The Labute approximate surface area is 103 Å². The van der Waals surface area contributed by atoms with Gasteiger partial charge in [0.2, 0.25) is 0 Å². The maximum absolute atomic E-state index is 4.18. The number of hydrogen-bond acceptors (Lipinski definition) is 6. The quantitative estimate of drug-likeness (QED) is 0.696. The number of H-pyrrole nitrogens is 1. The lowest BCUT2D eigenvalue weighted by atomic mass is 10.4. The van der Waals surface area contributed by atoms with Crippen LogP contribution in [0.5, 0.6) is 0 Å². The van der Waals surface area contributed by atoms with Crippen LogP contribution in [0.2, 0.25) is 0 Å². The van der Waals surface area contributed by atoms with Gasteiger partial charge in [-0.15, -0.1) is 10.2 Å². The maximum atomic E-state index is 4.18. The predicted octanol–water partition coefficient (Wildman–Crippen LogP) is 0.576. The molecule has 92 valence electrons. The number of nitrogens with zero attached hydrogens (tertiary/aromatic N) is 6. The van der Waals surface area contributed by atoms with E-state index in [1.54, 1.807) is 12.7 Å². The Morgan fingerprint density at radius 1 is 1.33 bits per heavy atom. The van der Waals surface area contributed by atoms with Crippen LogP contribution in [0, 0.1) is 0 Å². The molecule has 0 saturated carbocycles. The van der Waals surface area contributed by atoms with E-state index in [1.807, 2.05) is 11.5 Å². The molecule has 8 nitrogen and oxygen atoms in total. The van der Waals surface area contributed by atoms with Gasteiger partial charge >= 0.3 is 0 Å². The fraction of sp³-hybridized carbons (Fsp3) is 0.300. The summed E-state index contributed by atoms with van der Waals surface area (Å²) in [7, 11) is 0. The SMILES string of the molecule is CCn1cnnc1CNc1ncnc2nc[nH]c12. The molecule has 0 fully saturated rings. The van der Waals surface area contributed by atoms with Crippen molar-refractivity contribution >= 4 is 17.0 Å². The Hall–Kier alpha value is -2.51. The van der Waals surface area contributed by atoms with Crippen molar-refractivity contribution in [3.05, 3.63) is 24.8 Å². The number of aromatic nitrogens is 7. The van der Waals surface area contributed by atoms with E-state index >= 15 is 0 Å². The van der Waals surface area contributed by atoms with Crippen molar-refractivity contribution < 1.29 is 0 Å². The van der Waals surface area contributed by atoms with Crippen LogP contribution in [0.25, 0.3) is 11.2 Å². The Bertz CT molecular complexity index is 655. The number of fused-ring (bicyclic) bond motifs is 1. The third kappa shape index (κ3) is 1.77. The van der Waals surface area contributed by atoms with Gasteiger partial charge in [0.15, 0.2) is 17.3 Å². The first kappa shape index (κ1) is 10.6. The predicted molar refractivity (Wildman–Crippen MR) is 64.7 cm³/mol. The molecule has 0 saturated heterocycles. The zero-order chi connectivity index (χ0) is 12.4. The third-order valence-electron chi connectivity index (χ3n) is 2.67. The second-order valence-corrected chi connectivity index (χ2v) is 3.71. The fourth-order valence-electron chi connectivity index (χ4n) is 1.74. The molecule has 0 amide bonds. The van der Waals surface area contributed by atoms with Gasteiger partial charge in [0, 0.05) is 6.54 Å². The molecule has 0 aliphatic rings. The van der Waals surface area contributed by atoms with Crippen molar-refractivity contribution in [1.29, 1.82) is 0 Å². The first-order chi connectivity index (χ1) is 8.88. The van der Waals surface area contributed by atoms with Crippen LogP contribution in [0.3, 0.4) is 0 Å². The highest BCUT2D eigenvalue weighted by Gasteiger charge is 2.07. The van der Waals surface area contributed by atoms with Gasteiger partial charge in [0.1, 0.15) is 18.2 Å². The monoisotopic (exact) mass is 244 g/mol. The molecule has 18 heavy (non-hydrogen) atoms. The van der Waals surface area contributed by atoms with Gasteiger partial charge in [-0.3, -0.25) is 0 Å². The van der Waals surface area contributed by atoms with Crippen LogP contribution >= 0.6 is 0 Å². The minimum Gasteiger partial charge on any atom is -0.361 e. The highest BCUT2D eigenvalue weighted by Crippen LogP contribution is 2.14. The van der Waals surface area contributed by atoms with Gasteiger partial charge in [-0.05, 0) is 6.92 Å². The van der Waals surface area contributed by atoms with E-state index in [4.69, 9.17) is 0 Å². The van der Waals surface area contributed by atoms with E-state index < -0.39 is 0 Å². The van der Waals surface area contributed by atoms with E-state index in [0.717, 1.165) is 17.9 Å². The van der Waals surface area contributed by atoms with Crippen LogP contribution < -0.4 is 5.32 Å². The van der Waals surface area contributed by atoms with Crippen LogP contribution in [-0.2, 0) is 13.1 Å². The van der Waals surface area contributed by atoms with Crippen molar-refractivity contribution in [1.82, 2.24) is 34.7 Å². The van der Waals surface area contributed by atoms with Crippen LogP contribution in [0.4, 0.5) is 5.82 Å². The summed E-state index contributed by atoms with van der Waals surface area (Å²) in [4.78, 5) is 15.3. The number of anilines is 1. The number of imidazole rings is 1. The van der Waals surface area contributed by atoms with Crippen molar-refractivity contribution in [2.75, 3.05) is 5.32 Å². The molecule has 3 aromatic heterocycles. The summed E-state index contributed by atoms with van der Waals surface area (Å²) in [6.07, 6.45) is 4.79. The highest BCUT2D eigenvalue weighted by atomic mass is 15.3. The molecule has 2 N–H and O–H groups in total. The summed E-state index contributed by atoms with van der Waals surface area (Å²) in [5, 5.41) is 11.1. The molecule has 0 bridgehead atoms. The molecule has 0 spiro atoms. The van der Waals surface area contributed by atoms with E-state index in [0.29, 0.717) is 18.0 Å². The zero-order valence-corrected chi connectivity index (χ0v) is 9.83. The largest absolute Gasteiger partial charge is 0.361 e. The van der Waals surface area contributed by atoms with Gasteiger partial charge in [-0.1, -0.05) is 0 Å². The number of rotatable bonds is 4. The van der Waals surface area contributed by atoms with E-state index in [9.17, 15) is 0 Å². The van der Waals surface area contributed by atoms with E-state index in [2.05, 4.69) is 35.5 Å². The lowest BCUT2D eigenvalue weighted by Crippen LogP contribution is -2.08. The first-order valence-corrected chi connectivity index (χ1v) is 5.63. The summed E-state index contributed by atoms with van der Waals surface area (Å²) in [5.74, 6) is 1.58. The molecular weight excluding hydrogens is 232 g/mol. The topological polar surface area (TPSA) is 97.2 Å². The maximum Gasteiger partial charge on any atom is 0.182 e. The van der Waals surface area contributed by atoms with Crippen LogP contribution in [0.1, 0.15) is 12.7 Å². The van der Waals surface area contributed by atoms with Crippen LogP contribution in [-0.4, -0.2) is 34.7 Å². The minimum atomic E-state index is 0.555. The number of nitrogens with one attached hydrogen (secondary N) is 2. The standard InChI is InChI=1S/C10H12N8/c1-2-18-6-16-17-7(18)3-11-9-8-10(13-4-12-8)15-5-14-9/h4-6H,2-3H2,1H3,(H2,11,12,13,14,15). The third-order valence-corrected chi connectivity index (χ3v) is 2.67. The minimum absolute atomic E-state index is 0.555. The number of aromatic amines is 1. The van der Waals surface area contributed by atoms with Crippen molar-refractivity contribution in [3.63, 3.8) is 0 Å². The molecule has 8 heteroatoms. The second kappa shape index (κ2) is 4.40. The van der Waals surface area contributed by atoms with Gasteiger partial charge < -0.3 is 14.9 Å². The normalized spacial score (nSPS) is 10.9. The average Bonchev–Trinajstić information content (AvgIpc) is 3.04. The molecular formula is C10H12N8. The Kier molecular flexibility index (Phi) is 2.60.